The lowest BCUT2D eigenvalue weighted by Gasteiger charge is -2.16. The van der Waals surface area contributed by atoms with Crippen molar-refractivity contribution in [2.24, 2.45) is 0 Å². The summed E-state index contributed by atoms with van der Waals surface area (Å²) in [7, 11) is 0. The Morgan fingerprint density at radius 3 is 2.67 bits per heavy atom. The van der Waals surface area contributed by atoms with E-state index < -0.39 is 0 Å². The number of thiazole rings is 1. The molecule has 7 nitrogen and oxygen atoms in total. The van der Waals surface area contributed by atoms with Gasteiger partial charge in [0.2, 0.25) is 5.76 Å². The predicted molar refractivity (Wildman–Crippen MR) is 118 cm³/mol. The fraction of sp³-hybridized carbons (Fsp3) is 0.455. The molecule has 0 aliphatic carbocycles. The van der Waals surface area contributed by atoms with Crippen molar-refractivity contribution < 1.29 is 9.21 Å². The summed E-state index contributed by atoms with van der Waals surface area (Å²) in [5.41, 5.74) is 4.64. The topological polar surface area (TPSA) is 84.2 Å². The lowest BCUT2D eigenvalue weighted by molar-refractivity contribution is 0.0756. The second-order valence-electron chi connectivity index (χ2n) is 7.82. The van der Waals surface area contributed by atoms with Crippen molar-refractivity contribution in [2.75, 3.05) is 18.4 Å². The number of pyridine rings is 1. The molecule has 1 N–H and O–H groups in total. The number of carbonyl (C=O) groups is 1. The van der Waals surface area contributed by atoms with E-state index in [0.717, 1.165) is 34.3 Å². The standard InChI is InChI=1S/C22H27N5O2S/c1-6-19-24-14(4)20(29-19)21(28)27-8-7-16(11-27)18-10-17(9-12(2)23-18)26-22-25-13(3)15(5)30-22/h9-10,16H,6-8,11H2,1-5H3,(H,23,25,26)/t16-/m1/s1. The van der Waals surface area contributed by atoms with Crippen LogP contribution in [-0.4, -0.2) is 38.8 Å². The number of hydrogen-bond acceptors (Lipinski definition) is 7. The first kappa shape index (κ1) is 20.5. The van der Waals surface area contributed by atoms with Crippen molar-refractivity contribution in [1.82, 2.24) is 19.9 Å². The largest absolute Gasteiger partial charge is 0.435 e. The monoisotopic (exact) mass is 425 g/mol. The first-order valence-corrected chi connectivity index (χ1v) is 11.1. The Labute approximate surface area is 180 Å². The molecule has 4 heterocycles. The van der Waals surface area contributed by atoms with E-state index in [2.05, 4.69) is 28.3 Å². The molecule has 1 amide bonds. The molecule has 0 radical (unpaired) electrons. The number of nitrogens with one attached hydrogen (secondary N) is 1. The van der Waals surface area contributed by atoms with E-state index in [9.17, 15) is 4.79 Å². The molecule has 1 aliphatic heterocycles. The van der Waals surface area contributed by atoms with Crippen LogP contribution in [0.4, 0.5) is 10.8 Å². The minimum Gasteiger partial charge on any atom is -0.435 e. The number of rotatable bonds is 5. The van der Waals surface area contributed by atoms with Gasteiger partial charge in [0.25, 0.3) is 5.91 Å². The molecule has 1 atom stereocenters. The molecule has 0 saturated carbocycles. The number of aryl methyl sites for hydroxylation is 5. The third-order valence-corrected chi connectivity index (χ3v) is 6.47. The van der Waals surface area contributed by atoms with Gasteiger partial charge in [0.15, 0.2) is 11.0 Å². The van der Waals surface area contributed by atoms with Gasteiger partial charge in [0.1, 0.15) is 0 Å². The highest BCUT2D eigenvalue weighted by molar-refractivity contribution is 7.15. The van der Waals surface area contributed by atoms with Gasteiger partial charge in [-0.25, -0.2) is 9.97 Å². The molecule has 0 spiro atoms. The van der Waals surface area contributed by atoms with Crippen molar-refractivity contribution in [2.45, 2.75) is 53.4 Å². The zero-order valence-electron chi connectivity index (χ0n) is 18.1. The summed E-state index contributed by atoms with van der Waals surface area (Å²) in [5.74, 6) is 1.09. The van der Waals surface area contributed by atoms with E-state index in [4.69, 9.17) is 9.40 Å². The molecule has 30 heavy (non-hydrogen) atoms. The number of likely N-dealkylation sites (tertiary alicyclic amines) is 1. The Morgan fingerprint density at radius 2 is 2.00 bits per heavy atom. The summed E-state index contributed by atoms with van der Waals surface area (Å²) in [6.07, 6.45) is 1.56. The Bertz CT molecular complexity index is 1070. The zero-order chi connectivity index (χ0) is 21.4. The van der Waals surface area contributed by atoms with Crippen LogP contribution in [0.25, 0.3) is 0 Å². The highest BCUT2D eigenvalue weighted by atomic mass is 32.1. The van der Waals surface area contributed by atoms with E-state index in [1.165, 1.54) is 4.88 Å². The lowest BCUT2D eigenvalue weighted by atomic mass is 10.0. The molecule has 0 aromatic carbocycles. The summed E-state index contributed by atoms with van der Waals surface area (Å²) in [4.78, 5) is 29.6. The van der Waals surface area contributed by atoms with Crippen LogP contribution in [0.3, 0.4) is 0 Å². The fourth-order valence-corrected chi connectivity index (χ4v) is 4.59. The molecule has 1 aliphatic rings. The Balaban J connectivity index is 1.50. The number of amides is 1. The van der Waals surface area contributed by atoms with Gasteiger partial charge in [-0.15, -0.1) is 11.3 Å². The van der Waals surface area contributed by atoms with E-state index in [1.807, 2.05) is 38.7 Å². The number of hydrogen-bond donors (Lipinski definition) is 1. The summed E-state index contributed by atoms with van der Waals surface area (Å²) in [6, 6.07) is 4.10. The predicted octanol–water partition coefficient (Wildman–Crippen LogP) is 4.70. The highest BCUT2D eigenvalue weighted by Crippen LogP contribution is 2.31. The third kappa shape index (κ3) is 4.09. The van der Waals surface area contributed by atoms with Crippen LogP contribution in [0.5, 0.6) is 0 Å². The van der Waals surface area contributed by atoms with Gasteiger partial charge in [0, 0.05) is 47.4 Å². The van der Waals surface area contributed by atoms with Crippen molar-refractivity contribution >= 4 is 28.1 Å². The molecule has 8 heteroatoms. The molecule has 0 bridgehead atoms. The van der Waals surface area contributed by atoms with E-state index in [1.54, 1.807) is 11.3 Å². The van der Waals surface area contributed by atoms with Gasteiger partial charge in [-0.2, -0.15) is 0 Å². The third-order valence-electron chi connectivity index (χ3n) is 5.48. The molecular weight excluding hydrogens is 398 g/mol. The molecular formula is C22H27N5O2S. The van der Waals surface area contributed by atoms with Crippen LogP contribution >= 0.6 is 11.3 Å². The van der Waals surface area contributed by atoms with Crippen molar-refractivity contribution in [3.05, 3.63) is 51.4 Å². The van der Waals surface area contributed by atoms with Crippen LogP contribution in [0.15, 0.2) is 16.5 Å². The second-order valence-corrected chi connectivity index (χ2v) is 9.02. The maximum Gasteiger partial charge on any atom is 0.291 e. The van der Waals surface area contributed by atoms with Crippen LogP contribution < -0.4 is 5.32 Å². The maximum atomic E-state index is 12.9. The lowest BCUT2D eigenvalue weighted by Crippen LogP contribution is -2.28. The molecule has 1 saturated heterocycles. The SMILES string of the molecule is CCc1nc(C)c(C(=O)N2CC[C@@H](c3cc(Nc4nc(C)c(C)s4)cc(C)n3)C2)o1. The van der Waals surface area contributed by atoms with Crippen LogP contribution in [0.1, 0.15) is 63.4 Å². The van der Waals surface area contributed by atoms with Gasteiger partial charge in [-0.1, -0.05) is 6.92 Å². The minimum atomic E-state index is -0.0815. The molecule has 158 valence electrons. The quantitative estimate of drug-likeness (QED) is 0.638. The number of aromatic nitrogens is 3. The van der Waals surface area contributed by atoms with E-state index in [0.29, 0.717) is 36.9 Å². The van der Waals surface area contributed by atoms with Crippen molar-refractivity contribution in [1.29, 1.82) is 0 Å². The summed E-state index contributed by atoms with van der Waals surface area (Å²) >= 11 is 1.65. The number of carbonyl (C=O) groups excluding carboxylic acids is 1. The summed E-state index contributed by atoms with van der Waals surface area (Å²) < 4.78 is 5.66. The molecule has 0 unspecified atom stereocenters. The minimum absolute atomic E-state index is 0.0815. The Hall–Kier alpha value is -2.74. The van der Waals surface area contributed by atoms with Gasteiger partial charge in [0.05, 0.1) is 11.4 Å². The van der Waals surface area contributed by atoms with Crippen LogP contribution in [-0.2, 0) is 6.42 Å². The first-order chi connectivity index (χ1) is 14.3. The van der Waals surface area contributed by atoms with Gasteiger partial charge < -0.3 is 14.6 Å². The Kier molecular flexibility index (Phi) is 5.60. The molecule has 3 aromatic heterocycles. The van der Waals surface area contributed by atoms with Crippen LogP contribution in [0, 0.1) is 27.7 Å². The normalized spacial score (nSPS) is 16.3. The smallest absolute Gasteiger partial charge is 0.291 e. The molecule has 4 rings (SSSR count). The summed E-state index contributed by atoms with van der Waals surface area (Å²) in [6.45, 7) is 11.2. The first-order valence-electron chi connectivity index (χ1n) is 10.3. The Morgan fingerprint density at radius 1 is 1.20 bits per heavy atom. The molecule has 1 fully saturated rings. The average molecular weight is 426 g/mol. The number of anilines is 2. The van der Waals surface area contributed by atoms with Gasteiger partial charge in [-0.05, 0) is 46.2 Å². The summed E-state index contributed by atoms with van der Waals surface area (Å²) in [5, 5.41) is 4.30. The van der Waals surface area contributed by atoms with Crippen LogP contribution in [0.2, 0.25) is 0 Å². The number of oxazole rings is 1. The van der Waals surface area contributed by atoms with E-state index in [-0.39, 0.29) is 11.8 Å². The van der Waals surface area contributed by atoms with Crippen molar-refractivity contribution in [3.8, 4) is 0 Å². The molecule has 3 aromatic rings. The fourth-order valence-electron chi connectivity index (χ4n) is 3.76. The van der Waals surface area contributed by atoms with Gasteiger partial charge in [-0.3, -0.25) is 9.78 Å². The second kappa shape index (κ2) is 8.18. The maximum absolute atomic E-state index is 12.9. The van der Waals surface area contributed by atoms with E-state index >= 15 is 0 Å². The number of nitrogens with zero attached hydrogens (tertiary/aromatic N) is 4. The highest BCUT2D eigenvalue weighted by Gasteiger charge is 2.32. The zero-order valence-corrected chi connectivity index (χ0v) is 18.9. The van der Waals surface area contributed by atoms with Crippen molar-refractivity contribution in [3.63, 3.8) is 0 Å². The average Bonchev–Trinajstić information content (AvgIpc) is 3.40. The van der Waals surface area contributed by atoms with Gasteiger partial charge >= 0.3 is 0 Å².